The second-order valence-electron chi connectivity index (χ2n) is 11.4. The van der Waals surface area contributed by atoms with E-state index in [1.165, 1.54) is 66.4 Å². The molecule has 0 aromatic heterocycles. The molecule has 1 unspecified atom stereocenters. The summed E-state index contributed by atoms with van der Waals surface area (Å²) in [7, 11) is 4.23. The van der Waals surface area contributed by atoms with Crippen LogP contribution in [-0.2, 0) is 23.5 Å². The van der Waals surface area contributed by atoms with Gasteiger partial charge in [-0.1, -0.05) is 24.3 Å². The quantitative estimate of drug-likeness (QED) is 0.526. The summed E-state index contributed by atoms with van der Waals surface area (Å²) in [5.41, 5.74) is 4.63. The van der Waals surface area contributed by atoms with Crippen LogP contribution in [0.25, 0.3) is 0 Å². The van der Waals surface area contributed by atoms with Gasteiger partial charge >= 0.3 is 0 Å². The Hall–Kier alpha value is -1.79. The number of fused-ring (bicyclic) bond motifs is 1. The predicted molar refractivity (Wildman–Crippen MR) is 140 cm³/mol. The van der Waals surface area contributed by atoms with E-state index in [0.29, 0.717) is 6.61 Å². The molecule has 0 spiro atoms. The molecule has 0 amide bonds. The normalized spacial score (nSPS) is 24.6. The highest BCUT2D eigenvalue weighted by Gasteiger charge is 2.43. The van der Waals surface area contributed by atoms with E-state index in [2.05, 4.69) is 42.5 Å². The number of nitrogens with zero attached hydrogens (tertiary/aromatic N) is 2. The number of hydrogen-bond acceptors (Lipinski definition) is 3. The van der Waals surface area contributed by atoms with Crippen molar-refractivity contribution in [3.63, 3.8) is 0 Å². The summed E-state index contributed by atoms with van der Waals surface area (Å²) >= 11 is 0. The Morgan fingerprint density at radius 2 is 1.77 bits per heavy atom. The predicted octanol–water partition coefficient (Wildman–Crippen LogP) is 5.19. The maximum Gasteiger partial charge on any atom is 0.123 e. The van der Waals surface area contributed by atoms with Gasteiger partial charge in [0, 0.05) is 31.5 Å². The highest BCUT2D eigenvalue weighted by Crippen LogP contribution is 2.46. The van der Waals surface area contributed by atoms with Crippen LogP contribution in [-0.4, -0.2) is 62.2 Å². The van der Waals surface area contributed by atoms with Gasteiger partial charge < -0.3 is 19.4 Å². The van der Waals surface area contributed by atoms with Crippen molar-refractivity contribution in [2.24, 2.45) is 0 Å². The molecule has 35 heavy (non-hydrogen) atoms. The van der Waals surface area contributed by atoms with Gasteiger partial charge in [-0.3, -0.25) is 0 Å². The van der Waals surface area contributed by atoms with Crippen molar-refractivity contribution in [2.45, 2.75) is 69.7 Å². The molecular formula is C30H43FN3O+. The maximum atomic E-state index is 13.8. The first-order chi connectivity index (χ1) is 17.0. The van der Waals surface area contributed by atoms with Gasteiger partial charge in [0.25, 0.3) is 0 Å². The van der Waals surface area contributed by atoms with Crippen molar-refractivity contribution in [2.75, 3.05) is 46.8 Å². The number of halogens is 1. The van der Waals surface area contributed by atoms with Crippen LogP contribution in [0.1, 0.15) is 67.2 Å². The van der Waals surface area contributed by atoms with E-state index in [1.54, 1.807) is 12.1 Å². The minimum Gasteiger partial charge on any atom is -0.361 e. The van der Waals surface area contributed by atoms with Crippen LogP contribution in [0.5, 0.6) is 0 Å². The maximum absolute atomic E-state index is 13.8. The third-order valence-electron chi connectivity index (χ3n) is 8.81. The Bertz CT molecular complexity index is 980. The van der Waals surface area contributed by atoms with Gasteiger partial charge in [0.15, 0.2) is 0 Å². The van der Waals surface area contributed by atoms with Crippen molar-refractivity contribution in [3.8, 4) is 0 Å². The lowest BCUT2D eigenvalue weighted by molar-refractivity contribution is -0.968. The second-order valence-corrected chi connectivity index (χ2v) is 11.4. The molecule has 4 nitrogen and oxygen atoms in total. The molecule has 2 fully saturated rings. The molecule has 2 aromatic rings. The zero-order valence-electron chi connectivity index (χ0n) is 21.7. The zero-order chi connectivity index (χ0) is 24.3. The van der Waals surface area contributed by atoms with E-state index in [9.17, 15) is 4.39 Å². The number of ether oxygens (including phenoxy) is 1. The lowest BCUT2D eigenvalue weighted by Crippen LogP contribution is -2.59. The van der Waals surface area contributed by atoms with Crippen LogP contribution in [0.15, 0.2) is 42.5 Å². The topological polar surface area (TPSA) is 24.5 Å². The first kappa shape index (κ1) is 24.9. The van der Waals surface area contributed by atoms with Crippen molar-refractivity contribution >= 4 is 0 Å². The molecule has 0 radical (unpaired) electrons. The van der Waals surface area contributed by atoms with Crippen molar-refractivity contribution < 1.29 is 13.6 Å². The van der Waals surface area contributed by atoms with Crippen LogP contribution >= 0.6 is 0 Å². The van der Waals surface area contributed by atoms with E-state index < -0.39 is 5.60 Å². The van der Waals surface area contributed by atoms with Gasteiger partial charge in [-0.2, -0.15) is 0 Å². The van der Waals surface area contributed by atoms with Crippen LogP contribution in [0.4, 0.5) is 4.39 Å². The third kappa shape index (κ3) is 5.20. The Labute approximate surface area is 211 Å². The molecule has 2 saturated heterocycles. The monoisotopic (exact) mass is 480 g/mol. The van der Waals surface area contributed by atoms with E-state index >= 15 is 0 Å². The molecule has 0 aliphatic carbocycles. The minimum absolute atomic E-state index is 0.195. The standard InChI is InChI=1S/C30H43FN3O/c1-33(2)18-6-15-30(26-8-10-27(31)11-9-26)29-12-7-24(21-25(29)23-35-30)22-34(19-4-3-5-20-34)28-13-16-32-17-14-28/h7-12,21,28,32H,3-6,13-20,22-23H2,1-2H3/q+1. The van der Waals surface area contributed by atoms with E-state index in [4.69, 9.17) is 4.74 Å². The highest BCUT2D eigenvalue weighted by molar-refractivity contribution is 5.45. The fraction of sp³-hybridized carbons (Fsp3) is 0.600. The smallest absolute Gasteiger partial charge is 0.123 e. The third-order valence-corrected chi connectivity index (χ3v) is 8.81. The Morgan fingerprint density at radius 3 is 2.49 bits per heavy atom. The second kappa shape index (κ2) is 10.7. The molecule has 1 atom stereocenters. The van der Waals surface area contributed by atoms with Gasteiger partial charge in [0.1, 0.15) is 18.0 Å². The molecular weight excluding hydrogens is 437 g/mol. The highest BCUT2D eigenvalue weighted by atomic mass is 19.1. The molecule has 190 valence electrons. The number of piperidine rings is 2. The number of quaternary nitrogens is 1. The number of nitrogens with one attached hydrogen (secondary N) is 1. The van der Waals surface area contributed by atoms with Crippen molar-refractivity contribution in [1.82, 2.24) is 10.2 Å². The molecule has 3 aliphatic rings. The largest absolute Gasteiger partial charge is 0.361 e. The van der Waals surface area contributed by atoms with Crippen LogP contribution in [0, 0.1) is 5.82 Å². The van der Waals surface area contributed by atoms with E-state index in [1.807, 2.05) is 12.1 Å². The van der Waals surface area contributed by atoms with Crippen molar-refractivity contribution in [1.29, 1.82) is 0 Å². The SMILES string of the molecule is CN(C)CCCC1(c2ccc(F)cc2)OCc2cc(C[N+]3(C4CCNCC4)CCCCC3)ccc21. The molecule has 3 heterocycles. The summed E-state index contributed by atoms with van der Waals surface area (Å²) in [6.07, 6.45) is 8.63. The summed E-state index contributed by atoms with van der Waals surface area (Å²) in [5.74, 6) is -0.195. The first-order valence-corrected chi connectivity index (χ1v) is 13.7. The molecule has 5 heteroatoms. The average Bonchev–Trinajstić information content (AvgIpc) is 3.24. The first-order valence-electron chi connectivity index (χ1n) is 13.7. The Morgan fingerprint density at radius 1 is 1.03 bits per heavy atom. The average molecular weight is 481 g/mol. The van der Waals surface area contributed by atoms with E-state index in [-0.39, 0.29) is 5.82 Å². The lowest BCUT2D eigenvalue weighted by atomic mass is 9.81. The number of benzene rings is 2. The fourth-order valence-corrected chi connectivity index (χ4v) is 7.00. The number of hydrogen-bond donors (Lipinski definition) is 1. The summed E-state index contributed by atoms with van der Waals surface area (Å²) in [4.78, 5) is 2.22. The summed E-state index contributed by atoms with van der Waals surface area (Å²) in [6, 6.07) is 14.9. The van der Waals surface area contributed by atoms with Crippen molar-refractivity contribution in [3.05, 3.63) is 70.5 Å². The Balaban J connectivity index is 1.43. The van der Waals surface area contributed by atoms with Gasteiger partial charge in [-0.15, -0.1) is 0 Å². The van der Waals surface area contributed by atoms with Crippen LogP contribution < -0.4 is 5.32 Å². The van der Waals surface area contributed by atoms with E-state index in [0.717, 1.165) is 50.6 Å². The Kier molecular flexibility index (Phi) is 7.59. The van der Waals surface area contributed by atoms with Gasteiger partial charge in [0.05, 0.1) is 25.7 Å². The van der Waals surface area contributed by atoms with Crippen LogP contribution in [0.3, 0.4) is 0 Å². The summed E-state index contributed by atoms with van der Waals surface area (Å²) in [5, 5.41) is 3.57. The molecule has 3 aliphatic heterocycles. The van der Waals surface area contributed by atoms with Gasteiger partial charge in [-0.05, 0) is 87.6 Å². The fourth-order valence-electron chi connectivity index (χ4n) is 7.00. The minimum atomic E-state index is -0.482. The zero-order valence-corrected chi connectivity index (χ0v) is 21.7. The van der Waals surface area contributed by atoms with Crippen LogP contribution in [0.2, 0.25) is 0 Å². The number of rotatable bonds is 8. The summed E-state index contributed by atoms with van der Waals surface area (Å²) in [6.45, 7) is 7.75. The molecule has 1 N–H and O–H groups in total. The number of likely N-dealkylation sites (tertiary alicyclic amines) is 1. The molecule has 0 bridgehead atoms. The van der Waals surface area contributed by atoms with Gasteiger partial charge in [0.2, 0.25) is 0 Å². The molecule has 2 aromatic carbocycles. The lowest BCUT2D eigenvalue weighted by Gasteiger charge is -2.49. The van der Waals surface area contributed by atoms with Gasteiger partial charge in [-0.25, -0.2) is 4.39 Å². The molecule has 5 rings (SSSR count). The summed E-state index contributed by atoms with van der Waals surface area (Å²) < 4.78 is 21.7. The molecule has 0 saturated carbocycles.